The Morgan fingerprint density at radius 3 is 2.29 bits per heavy atom. The third-order valence-electron chi connectivity index (χ3n) is 5.48. The van der Waals surface area contributed by atoms with Gasteiger partial charge in [0.15, 0.2) is 26.8 Å². The van der Waals surface area contributed by atoms with E-state index >= 15 is 0 Å². The summed E-state index contributed by atoms with van der Waals surface area (Å²) in [6.07, 6.45) is 1.42. The number of benzene rings is 2. The van der Waals surface area contributed by atoms with E-state index < -0.39 is 10.4 Å². The molecule has 1 saturated heterocycles. The van der Waals surface area contributed by atoms with Gasteiger partial charge in [0, 0.05) is 18.7 Å². The van der Waals surface area contributed by atoms with Crippen LogP contribution in [0.4, 0.5) is 5.82 Å². The number of nitrogens with one attached hydrogen (secondary N) is 1. The molecule has 4 aromatic rings. The van der Waals surface area contributed by atoms with Crippen molar-refractivity contribution in [2.75, 3.05) is 18.0 Å². The molecule has 0 bridgehead atoms. The minimum atomic E-state index is -3.50. The van der Waals surface area contributed by atoms with Crippen molar-refractivity contribution in [3.8, 4) is 11.4 Å². The Balaban J connectivity index is 1.30. The second kappa shape index (κ2) is 8.18. The summed E-state index contributed by atoms with van der Waals surface area (Å²) in [5.41, 5.74) is 1.64. The van der Waals surface area contributed by atoms with Crippen LogP contribution in [0.1, 0.15) is 12.8 Å². The second-order valence-electron chi connectivity index (χ2n) is 7.55. The first-order valence-electron chi connectivity index (χ1n) is 10.2. The maximum Gasteiger partial charge on any atom is 0.185 e. The van der Waals surface area contributed by atoms with Crippen molar-refractivity contribution in [3.63, 3.8) is 0 Å². The van der Waals surface area contributed by atoms with Crippen molar-refractivity contribution in [2.45, 2.75) is 23.8 Å². The van der Waals surface area contributed by atoms with E-state index in [4.69, 9.17) is 5.10 Å². The van der Waals surface area contributed by atoms with Gasteiger partial charge in [-0.1, -0.05) is 52.7 Å². The van der Waals surface area contributed by atoms with Gasteiger partial charge in [-0.05, 0) is 37.1 Å². The molecular weight excluding hydrogens is 412 g/mol. The fourth-order valence-electron chi connectivity index (χ4n) is 3.83. The number of piperidine rings is 1. The Morgan fingerprint density at radius 2 is 1.58 bits per heavy atom. The quantitative estimate of drug-likeness (QED) is 0.485. The first-order chi connectivity index (χ1) is 15.1. The highest BCUT2D eigenvalue weighted by Crippen LogP contribution is 2.23. The van der Waals surface area contributed by atoms with Gasteiger partial charge in [-0.3, -0.25) is 0 Å². The molecule has 1 atom stereocenters. The van der Waals surface area contributed by atoms with E-state index in [1.54, 1.807) is 34.8 Å². The fourth-order valence-corrected chi connectivity index (χ4v) is 5.15. The van der Waals surface area contributed by atoms with Crippen LogP contribution >= 0.6 is 0 Å². The predicted molar refractivity (Wildman–Crippen MR) is 118 cm³/mol. The van der Waals surface area contributed by atoms with Crippen LogP contribution in [0.3, 0.4) is 0 Å². The van der Waals surface area contributed by atoms with Gasteiger partial charge in [0.25, 0.3) is 0 Å². The van der Waals surface area contributed by atoms with E-state index in [1.807, 2.05) is 42.5 Å². The van der Waals surface area contributed by atoms with Crippen LogP contribution in [0.2, 0.25) is 0 Å². The van der Waals surface area contributed by atoms with Crippen molar-refractivity contribution in [1.29, 1.82) is 0 Å². The standard InChI is InChI=1S/C22H22N6O2S/c29-31(30,19-9-5-2-6-10-19)26-18-13-15-27(16-14-18)21-12-11-20-23-24-22(28(20)25-21)17-7-3-1-4-8-17/h1-12,18H,13-16H2,(H-,26,29,30). The predicted octanol–water partition coefficient (Wildman–Crippen LogP) is 2.95. The fraction of sp³-hybridized carbons (Fsp3) is 0.227. The average Bonchev–Trinajstić information content (AvgIpc) is 3.24. The van der Waals surface area contributed by atoms with Gasteiger partial charge in [0.2, 0.25) is 0 Å². The molecule has 1 N–H and O–H groups in total. The molecule has 0 aliphatic carbocycles. The van der Waals surface area contributed by atoms with E-state index in [0.29, 0.717) is 42.3 Å². The highest BCUT2D eigenvalue weighted by atomic mass is 32.3. The maximum atomic E-state index is 12.6. The third kappa shape index (κ3) is 4.07. The number of hydrogen-bond donors (Lipinski definition) is 1. The molecule has 0 saturated carbocycles. The molecule has 9 heteroatoms. The van der Waals surface area contributed by atoms with Gasteiger partial charge < -0.3 is 9.45 Å². The van der Waals surface area contributed by atoms with Crippen molar-refractivity contribution in [3.05, 3.63) is 72.8 Å². The number of anilines is 1. The van der Waals surface area contributed by atoms with Crippen LogP contribution in [0.15, 0.2) is 77.7 Å². The maximum absolute atomic E-state index is 12.6. The molecule has 2 aromatic heterocycles. The average molecular weight is 435 g/mol. The van der Waals surface area contributed by atoms with E-state index in [0.717, 1.165) is 11.4 Å². The summed E-state index contributed by atoms with van der Waals surface area (Å²) in [4.78, 5) is 2.47. The van der Waals surface area contributed by atoms with Gasteiger partial charge in [-0.25, -0.2) is 0 Å². The van der Waals surface area contributed by atoms with Crippen LogP contribution in [-0.4, -0.2) is 43.5 Å². The molecule has 158 valence electrons. The molecule has 5 rings (SSSR count). The highest BCUT2D eigenvalue weighted by Gasteiger charge is 2.28. The van der Waals surface area contributed by atoms with Gasteiger partial charge in [0.05, 0.1) is 6.04 Å². The minimum Gasteiger partial charge on any atom is -0.593 e. The molecule has 3 heterocycles. The molecule has 31 heavy (non-hydrogen) atoms. The van der Waals surface area contributed by atoms with Crippen molar-refractivity contribution in [2.24, 2.45) is 0 Å². The number of aromatic nitrogens is 4. The zero-order valence-electron chi connectivity index (χ0n) is 16.8. The lowest BCUT2D eigenvalue weighted by molar-refractivity contribution is 0.417. The Morgan fingerprint density at radius 1 is 0.903 bits per heavy atom. The molecule has 1 aliphatic heterocycles. The monoisotopic (exact) mass is 434 g/mol. The highest BCUT2D eigenvalue weighted by molar-refractivity contribution is 7.95. The van der Waals surface area contributed by atoms with E-state index in [-0.39, 0.29) is 6.04 Å². The molecule has 8 nitrogen and oxygen atoms in total. The lowest BCUT2D eigenvalue weighted by Crippen LogP contribution is -2.46. The smallest absolute Gasteiger partial charge is 0.185 e. The number of nitrogens with zero attached hydrogens (tertiary/aromatic N) is 5. The summed E-state index contributed by atoms with van der Waals surface area (Å²) in [5.74, 6) is 1.52. The summed E-state index contributed by atoms with van der Waals surface area (Å²) in [5, 5.41) is 13.3. The Labute approximate surface area is 181 Å². The summed E-state index contributed by atoms with van der Waals surface area (Å²) < 4.78 is 29.8. The van der Waals surface area contributed by atoms with Crippen LogP contribution < -0.4 is 9.62 Å². The lowest BCUT2D eigenvalue weighted by atomic mass is 10.1. The normalized spacial score (nSPS) is 17.0. The zero-order chi connectivity index (χ0) is 21.3. The van der Waals surface area contributed by atoms with Crippen LogP contribution in [0, 0.1) is 0 Å². The number of rotatable bonds is 5. The first-order valence-corrected chi connectivity index (χ1v) is 11.7. The topological polar surface area (TPSA) is 98.5 Å². The Bertz CT molecular complexity index is 1220. The summed E-state index contributed by atoms with van der Waals surface area (Å²) in [6, 6.07) is 22.1. The molecule has 0 amide bonds. The lowest BCUT2D eigenvalue weighted by Gasteiger charge is -2.33. The minimum absolute atomic E-state index is 0.0972. The summed E-state index contributed by atoms with van der Waals surface area (Å²) in [6.45, 7) is 1.42. The largest absolute Gasteiger partial charge is 0.593 e. The van der Waals surface area contributed by atoms with E-state index in [9.17, 15) is 8.76 Å². The van der Waals surface area contributed by atoms with E-state index in [1.165, 1.54) is 0 Å². The van der Waals surface area contributed by atoms with Crippen LogP contribution in [-0.2, 0) is 14.6 Å². The summed E-state index contributed by atoms with van der Waals surface area (Å²) in [7, 11) is -3.50. The molecule has 1 unspecified atom stereocenters. The first kappa shape index (κ1) is 19.8. The SMILES string of the molecule is O=[S+]([O-])(NC1CCN(c2ccc3nnc(-c4ccccc4)n3n2)CC1)c1ccccc1. The van der Waals surface area contributed by atoms with Gasteiger partial charge in [-0.2, -0.15) is 4.52 Å². The molecule has 2 aromatic carbocycles. The van der Waals surface area contributed by atoms with Crippen molar-refractivity contribution >= 4 is 21.9 Å². The molecule has 0 spiro atoms. The Kier molecular flexibility index (Phi) is 5.23. The number of hydrogen-bond acceptors (Lipinski definition) is 6. The van der Waals surface area contributed by atoms with Gasteiger partial charge in [-0.15, -0.1) is 20.0 Å². The second-order valence-corrected chi connectivity index (χ2v) is 9.26. The Hall–Kier alpha value is -3.14. The zero-order valence-corrected chi connectivity index (χ0v) is 17.6. The van der Waals surface area contributed by atoms with Crippen LogP contribution in [0.25, 0.3) is 17.0 Å². The number of fused-ring (bicyclic) bond motifs is 1. The van der Waals surface area contributed by atoms with Gasteiger partial charge in [0.1, 0.15) is 5.82 Å². The van der Waals surface area contributed by atoms with Crippen molar-refractivity contribution in [1.82, 2.24) is 24.5 Å². The van der Waals surface area contributed by atoms with E-state index in [2.05, 4.69) is 19.8 Å². The molecule has 1 fully saturated rings. The molecular formula is C22H22N6O2S. The number of sulfonamides is 1. The summed E-state index contributed by atoms with van der Waals surface area (Å²) >= 11 is 0. The van der Waals surface area contributed by atoms with Crippen LogP contribution in [0.5, 0.6) is 0 Å². The molecule has 1 aliphatic rings. The molecule has 0 radical (unpaired) electrons. The van der Waals surface area contributed by atoms with Crippen molar-refractivity contribution < 1.29 is 8.76 Å². The van der Waals surface area contributed by atoms with Gasteiger partial charge >= 0.3 is 0 Å². The third-order valence-corrected chi connectivity index (χ3v) is 7.01.